The highest BCUT2D eigenvalue weighted by molar-refractivity contribution is 5.27. The van der Waals surface area contributed by atoms with E-state index in [1.54, 1.807) is 0 Å². The lowest BCUT2D eigenvalue weighted by Gasteiger charge is -2.24. The van der Waals surface area contributed by atoms with Gasteiger partial charge in [-0.3, -0.25) is 0 Å². The van der Waals surface area contributed by atoms with E-state index in [-0.39, 0.29) is 11.5 Å². The van der Waals surface area contributed by atoms with Gasteiger partial charge in [0, 0.05) is 6.07 Å². The molecule has 3 heteroatoms. The fourth-order valence-electron chi connectivity index (χ4n) is 2.37. The first-order chi connectivity index (χ1) is 6.99. The van der Waals surface area contributed by atoms with E-state index in [4.69, 9.17) is 0 Å². The largest absolute Gasteiger partial charge is 0.393 e. The molecule has 0 spiro atoms. The average molecular weight is 212 g/mol. The molecule has 15 heavy (non-hydrogen) atoms. The van der Waals surface area contributed by atoms with E-state index in [9.17, 15) is 13.9 Å². The molecule has 1 fully saturated rings. The summed E-state index contributed by atoms with van der Waals surface area (Å²) in [6.07, 6.45) is 1.71. The van der Waals surface area contributed by atoms with Gasteiger partial charge in [-0.1, -0.05) is 6.92 Å². The molecule has 0 aliphatic heterocycles. The SMILES string of the molecule is CC1(c2cc(F)cc(F)c2)CCC(O)C1. The Labute approximate surface area is 87.7 Å². The van der Waals surface area contributed by atoms with Crippen molar-refractivity contribution in [3.8, 4) is 0 Å². The van der Waals surface area contributed by atoms with Crippen LogP contribution in [0.4, 0.5) is 8.78 Å². The zero-order valence-electron chi connectivity index (χ0n) is 8.63. The summed E-state index contributed by atoms with van der Waals surface area (Å²) in [5.74, 6) is -1.10. The summed E-state index contributed by atoms with van der Waals surface area (Å²) >= 11 is 0. The molecule has 0 heterocycles. The number of aliphatic hydroxyl groups excluding tert-OH is 1. The Kier molecular flexibility index (Phi) is 2.51. The van der Waals surface area contributed by atoms with Crippen LogP contribution in [0, 0.1) is 11.6 Å². The van der Waals surface area contributed by atoms with Crippen LogP contribution in [0.2, 0.25) is 0 Å². The predicted molar refractivity (Wildman–Crippen MR) is 53.6 cm³/mol. The van der Waals surface area contributed by atoms with Crippen molar-refractivity contribution in [1.29, 1.82) is 0 Å². The van der Waals surface area contributed by atoms with Crippen molar-refractivity contribution in [1.82, 2.24) is 0 Å². The third kappa shape index (κ3) is 2.02. The molecule has 1 aromatic carbocycles. The molecule has 1 saturated carbocycles. The number of hydrogen-bond acceptors (Lipinski definition) is 1. The maximum Gasteiger partial charge on any atom is 0.126 e. The van der Waals surface area contributed by atoms with E-state index in [1.165, 1.54) is 12.1 Å². The summed E-state index contributed by atoms with van der Waals surface area (Å²) < 4.78 is 26.1. The lowest BCUT2D eigenvalue weighted by atomic mass is 9.81. The number of aliphatic hydroxyl groups is 1. The molecular formula is C12H14F2O. The first-order valence-corrected chi connectivity index (χ1v) is 5.14. The van der Waals surface area contributed by atoms with Crippen molar-refractivity contribution < 1.29 is 13.9 Å². The number of rotatable bonds is 1. The fourth-order valence-corrected chi connectivity index (χ4v) is 2.37. The highest BCUT2D eigenvalue weighted by atomic mass is 19.1. The van der Waals surface area contributed by atoms with Crippen LogP contribution in [0.3, 0.4) is 0 Å². The lowest BCUT2D eigenvalue weighted by Crippen LogP contribution is -2.19. The maximum atomic E-state index is 13.0. The topological polar surface area (TPSA) is 20.2 Å². The Hall–Kier alpha value is -0.960. The second kappa shape index (κ2) is 3.56. The first kappa shape index (κ1) is 10.6. The standard InChI is InChI=1S/C12H14F2O/c1-12(3-2-11(15)7-12)8-4-9(13)6-10(14)5-8/h4-6,11,15H,2-3,7H2,1H3. The van der Waals surface area contributed by atoms with Crippen LogP contribution in [0.25, 0.3) is 0 Å². The molecule has 2 rings (SSSR count). The van der Waals surface area contributed by atoms with Crippen molar-refractivity contribution in [3.63, 3.8) is 0 Å². The van der Waals surface area contributed by atoms with Crippen LogP contribution in [0.5, 0.6) is 0 Å². The minimum absolute atomic E-state index is 0.289. The van der Waals surface area contributed by atoms with Crippen LogP contribution < -0.4 is 0 Å². The Bertz CT molecular complexity index is 358. The molecule has 1 nitrogen and oxygen atoms in total. The monoisotopic (exact) mass is 212 g/mol. The van der Waals surface area contributed by atoms with Crippen LogP contribution in [0.1, 0.15) is 31.7 Å². The number of benzene rings is 1. The lowest BCUT2D eigenvalue weighted by molar-refractivity contribution is 0.175. The van der Waals surface area contributed by atoms with E-state index in [0.717, 1.165) is 12.5 Å². The van der Waals surface area contributed by atoms with Gasteiger partial charge >= 0.3 is 0 Å². The summed E-state index contributed by atoms with van der Waals surface area (Å²) in [4.78, 5) is 0. The van der Waals surface area contributed by atoms with Gasteiger partial charge in [0.1, 0.15) is 11.6 Å². The third-order valence-corrected chi connectivity index (χ3v) is 3.27. The van der Waals surface area contributed by atoms with E-state index in [0.29, 0.717) is 18.4 Å². The van der Waals surface area contributed by atoms with Crippen molar-refractivity contribution in [2.24, 2.45) is 0 Å². The Morgan fingerprint density at radius 3 is 2.33 bits per heavy atom. The molecule has 1 N–H and O–H groups in total. The third-order valence-electron chi connectivity index (χ3n) is 3.27. The Balaban J connectivity index is 2.36. The highest BCUT2D eigenvalue weighted by Crippen LogP contribution is 2.41. The van der Waals surface area contributed by atoms with Gasteiger partial charge in [0.15, 0.2) is 0 Å². The Morgan fingerprint density at radius 1 is 1.27 bits per heavy atom. The molecule has 2 unspecified atom stereocenters. The summed E-state index contributed by atoms with van der Waals surface area (Å²) in [5, 5.41) is 9.48. The van der Waals surface area contributed by atoms with Crippen molar-refractivity contribution in [2.45, 2.75) is 37.7 Å². The molecule has 0 amide bonds. The predicted octanol–water partition coefficient (Wildman–Crippen LogP) is 2.77. The summed E-state index contributed by atoms with van der Waals surface area (Å²) in [6, 6.07) is 3.60. The van der Waals surface area contributed by atoms with Crippen molar-refractivity contribution in [3.05, 3.63) is 35.4 Å². The molecule has 1 aliphatic carbocycles. The molecule has 0 aromatic heterocycles. The molecule has 0 saturated heterocycles. The molecule has 0 radical (unpaired) electrons. The second-order valence-electron chi connectivity index (χ2n) is 4.62. The van der Waals surface area contributed by atoms with Crippen LogP contribution in [-0.2, 0) is 5.41 Å². The molecule has 1 aliphatic rings. The number of halogens is 2. The average Bonchev–Trinajstić information content (AvgIpc) is 2.46. The maximum absolute atomic E-state index is 13.0. The molecule has 1 aromatic rings. The zero-order chi connectivity index (χ0) is 11.1. The van der Waals surface area contributed by atoms with Gasteiger partial charge in [0.2, 0.25) is 0 Å². The normalized spacial score (nSPS) is 30.8. The summed E-state index contributed by atoms with van der Waals surface area (Å²) in [6.45, 7) is 1.94. The van der Waals surface area contributed by atoms with Gasteiger partial charge in [-0.05, 0) is 42.4 Å². The number of hydrogen-bond donors (Lipinski definition) is 1. The minimum Gasteiger partial charge on any atom is -0.393 e. The highest BCUT2D eigenvalue weighted by Gasteiger charge is 2.36. The van der Waals surface area contributed by atoms with E-state index >= 15 is 0 Å². The van der Waals surface area contributed by atoms with Crippen molar-refractivity contribution in [2.75, 3.05) is 0 Å². The van der Waals surface area contributed by atoms with E-state index in [1.807, 2.05) is 6.92 Å². The molecule has 82 valence electrons. The quantitative estimate of drug-likeness (QED) is 0.759. The van der Waals surface area contributed by atoms with E-state index in [2.05, 4.69) is 0 Å². The molecule has 2 atom stereocenters. The van der Waals surface area contributed by atoms with E-state index < -0.39 is 11.6 Å². The van der Waals surface area contributed by atoms with Gasteiger partial charge in [-0.25, -0.2) is 8.78 Å². The van der Waals surface area contributed by atoms with Gasteiger partial charge in [-0.15, -0.1) is 0 Å². The van der Waals surface area contributed by atoms with Crippen LogP contribution >= 0.6 is 0 Å². The van der Waals surface area contributed by atoms with Gasteiger partial charge < -0.3 is 5.11 Å². The minimum atomic E-state index is -0.549. The van der Waals surface area contributed by atoms with Crippen LogP contribution in [0.15, 0.2) is 18.2 Å². The fraction of sp³-hybridized carbons (Fsp3) is 0.500. The second-order valence-corrected chi connectivity index (χ2v) is 4.62. The van der Waals surface area contributed by atoms with Crippen molar-refractivity contribution >= 4 is 0 Å². The van der Waals surface area contributed by atoms with Gasteiger partial charge in [0.05, 0.1) is 6.10 Å². The Morgan fingerprint density at radius 2 is 1.87 bits per heavy atom. The van der Waals surface area contributed by atoms with Gasteiger partial charge in [-0.2, -0.15) is 0 Å². The van der Waals surface area contributed by atoms with Gasteiger partial charge in [0.25, 0.3) is 0 Å². The summed E-state index contributed by atoms with van der Waals surface area (Å²) in [5.41, 5.74) is 0.360. The summed E-state index contributed by atoms with van der Waals surface area (Å²) in [7, 11) is 0. The zero-order valence-corrected chi connectivity index (χ0v) is 8.63. The molecular weight excluding hydrogens is 198 g/mol. The smallest absolute Gasteiger partial charge is 0.126 e. The molecule has 0 bridgehead atoms. The van der Waals surface area contributed by atoms with Crippen LogP contribution in [-0.4, -0.2) is 11.2 Å². The first-order valence-electron chi connectivity index (χ1n) is 5.14.